The van der Waals surface area contributed by atoms with E-state index in [0.29, 0.717) is 9.71 Å². The Balaban J connectivity index is 1.50. The van der Waals surface area contributed by atoms with Crippen LogP contribution < -0.4 is 26.2 Å². The molecule has 0 saturated carbocycles. The van der Waals surface area contributed by atoms with Crippen molar-refractivity contribution in [2.24, 2.45) is 0 Å². The van der Waals surface area contributed by atoms with E-state index in [1.165, 1.54) is 54.2 Å². The average molecular weight is 630 g/mol. The molecule has 11 nitrogen and oxygen atoms in total. The van der Waals surface area contributed by atoms with Crippen LogP contribution >= 0.6 is 11.3 Å². The van der Waals surface area contributed by atoms with Gasteiger partial charge >= 0.3 is 6.09 Å². The number of likely N-dealkylation sites (N-methyl/N-ethyl adjacent to an activating group) is 1. The smallest absolute Gasteiger partial charge is 0.405 e. The second kappa shape index (κ2) is 14.3. The number of ether oxygens (including phenoxy) is 1. The fourth-order valence-corrected chi connectivity index (χ4v) is 5.07. The van der Waals surface area contributed by atoms with E-state index in [4.69, 9.17) is 9.84 Å². The van der Waals surface area contributed by atoms with Gasteiger partial charge in [0.05, 0.1) is 16.8 Å². The summed E-state index contributed by atoms with van der Waals surface area (Å²) in [5, 5.41) is 16.5. The normalized spacial score (nSPS) is 11.8. The van der Waals surface area contributed by atoms with Crippen LogP contribution in [-0.4, -0.2) is 45.7 Å². The predicted molar refractivity (Wildman–Crippen MR) is 156 cm³/mol. The van der Waals surface area contributed by atoms with Crippen molar-refractivity contribution in [1.29, 1.82) is 0 Å². The first-order valence-corrected chi connectivity index (χ1v) is 13.9. The van der Waals surface area contributed by atoms with Gasteiger partial charge in [-0.15, -0.1) is 11.3 Å². The van der Waals surface area contributed by atoms with E-state index in [0.717, 1.165) is 29.5 Å². The second-order valence-electron chi connectivity index (χ2n) is 9.32. The standard InChI is InChI=1S/C29H26F3N5O6S/c1-33-24(38)7-3-2-5-20(36-29(41)42)27(39)35-21-6-4-10-37(28(21)40)14-25-34-22-12-18(31)13-23(26(22)44-25)43-15-16-8-9-17(30)11-19(16)32/h3-4,6-13,20,36H,2,5,14-15H2,1H3,(H,33,38)(H,35,39)(H,41,42)/b7-3+/t20-/m0/s1. The lowest BCUT2D eigenvalue weighted by molar-refractivity contribution is -0.118. The van der Waals surface area contributed by atoms with Crippen LogP contribution in [0.4, 0.5) is 23.7 Å². The van der Waals surface area contributed by atoms with Crippen molar-refractivity contribution in [2.75, 3.05) is 12.4 Å². The number of nitrogens with zero attached hydrogens (tertiary/aromatic N) is 2. The van der Waals surface area contributed by atoms with E-state index in [2.05, 4.69) is 20.9 Å². The van der Waals surface area contributed by atoms with Crippen LogP contribution in [0, 0.1) is 17.5 Å². The maximum atomic E-state index is 14.3. The van der Waals surface area contributed by atoms with Crippen molar-refractivity contribution < 1.29 is 37.4 Å². The number of aromatic nitrogens is 2. The van der Waals surface area contributed by atoms with Crippen LogP contribution in [0.25, 0.3) is 10.2 Å². The van der Waals surface area contributed by atoms with E-state index in [1.54, 1.807) is 0 Å². The first kappa shape index (κ1) is 31.7. The lowest BCUT2D eigenvalue weighted by Gasteiger charge is -2.16. The minimum Gasteiger partial charge on any atom is -0.487 e. The molecule has 0 aliphatic heterocycles. The molecule has 4 aromatic rings. The highest BCUT2D eigenvalue weighted by molar-refractivity contribution is 7.19. The Morgan fingerprint density at radius 2 is 1.93 bits per heavy atom. The van der Waals surface area contributed by atoms with Gasteiger partial charge in [0, 0.05) is 37.0 Å². The molecule has 0 aliphatic carbocycles. The number of nitrogens with one attached hydrogen (secondary N) is 3. The minimum atomic E-state index is -1.44. The highest BCUT2D eigenvalue weighted by Crippen LogP contribution is 2.33. The quantitative estimate of drug-likeness (QED) is 0.172. The number of carbonyl (C=O) groups excluding carboxylic acids is 2. The van der Waals surface area contributed by atoms with Crippen LogP contribution in [0.2, 0.25) is 0 Å². The molecule has 2 aromatic heterocycles. The fourth-order valence-electron chi connectivity index (χ4n) is 4.06. The molecule has 0 spiro atoms. The number of thiazole rings is 1. The Hall–Kier alpha value is -5.18. The molecule has 44 heavy (non-hydrogen) atoms. The summed E-state index contributed by atoms with van der Waals surface area (Å²) in [6.45, 7) is -0.349. The Kier molecular flexibility index (Phi) is 10.3. The van der Waals surface area contributed by atoms with E-state index in [9.17, 15) is 32.3 Å². The van der Waals surface area contributed by atoms with Crippen molar-refractivity contribution in [2.45, 2.75) is 32.0 Å². The van der Waals surface area contributed by atoms with Crippen LogP contribution in [0.1, 0.15) is 23.4 Å². The molecule has 0 saturated heterocycles. The molecule has 0 bridgehead atoms. The van der Waals surface area contributed by atoms with Gasteiger partial charge in [0.15, 0.2) is 0 Å². The molecule has 0 aliphatic rings. The van der Waals surface area contributed by atoms with E-state index < -0.39 is 41.1 Å². The van der Waals surface area contributed by atoms with Gasteiger partial charge < -0.3 is 30.4 Å². The number of hydrogen-bond acceptors (Lipinski definition) is 7. The molecule has 0 unspecified atom stereocenters. The summed E-state index contributed by atoms with van der Waals surface area (Å²) in [6.07, 6.45) is 2.97. The van der Waals surface area contributed by atoms with Crippen molar-refractivity contribution in [3.63, 3.8) is 0 Å². The molecule has 1 atom stereocenters. The molecule has 4 N–H and O–H groups in total. The van der Waals surface area contributed by atoms with Crippen molar-refractivity contribution in [3.05, 3.63) is 99.2 Å². The van der Waals surface area contributed by atoms with E-state index in [1.807, 2.05) is 0 Å². The monoisotopic (exact) mass is 629 g/mol. The summed E-state index contributed by atoms with van der Waals surface area (Å²) < 4.78 is 48.9. The Morgan fingerprint density at radius 1 is 1.14 bits per heavy atom. The summed E-state index contributed by atoms with van der Waals surface area (Å²) in [7, 11) is 1.45. The molecule has 2 heterocycles. The third-order valence-electron chi connectivity index (χ3n) is 6.20. The summed E-state index contributed by atoms with van der Waals surface area (Å²) >= 11 is 1.11. The third kappa shape index (κ3) is 8.22. The second-order valence-corrected chi connectivity index (χ2v) is 10.4. The molecule has 15 heteroatoms. The number of fused-ring (bicyclic) bond motifs is 1. The molecular weight excluding hydrogens is 603 g/mol. The molecular formula is C29H26F3N5O6S. The van der Waals surface area contributed by atoms with Gasteiger partial charge in [0.2, 0.25) is 11.8 Å². The number of amides is 3. The topological polar surface area (TPSA) is 152 Å². The average Bonchev–Trinajstić information content (AvgIpc) is 3.38. The minimum absolute atomic E-state index is 0.0210. The largest absolute Gasteiger partial charge is 0.487 e. The van der Waals surface area contributed by atoms with Gasteiger partial charge in [-0.25, -0.2) is 22.9 Å². The predicted octanol–water partition coefficient (Wildman–Crippen LogP) is 4.16. The van der Waals surface area contributed by atoms with Crippen molar-refractivity contribution >= 4 is 45.1 Å². The lowest BCUT2D eigenvalue weighted by Crippen LogP contribution is -2.44. The maximum Gasteiger partial charge on any atom is 0.405 e. The number of carboxylic acid groups (broad SMARTS) is 1. The summed E-state index contributed by atoms with van der Waals surface area (Å²) in [6, 6.07) is 6.96. The zero-order valence-electron chi connectivity index (χ0n) is 23.1. The summed E-state index contributed by atoms with van der Waals surface area (Å²) in [4.78, 5) is 52.9. The van der Waals surface area contributed by atoms with Gasteiger partial charge in [-0.3, -0.25) is 14.4 Å². The number of hydrogen-bond donors (Lipinski definition) is 4. The molecule has 0 radical (unpaired) electrons. The summed E-state index contributed by atoms with van der Waals surface area (Å²) in [5.74, 6) is -3.25. The lowest BCUT2D eigenvalue weighted by atomic mass is 10.1. The first-order valence-electron chi connectivity index (χ1n) is 13.1. The number of anilines is 1. The highest BCUT2D eigenvalue weighted by atomic mass is 32.1. The van der Waals surface area contributed by atoms with Crippen LogP contribution in [0.5, 0.6) is 5.75 Å². The zero-order chi connectivity index (χ0) is 31.8. The Bertz CT molecular complexity index is 1790. The third-order valence-corrected chi connectivity index (χ3v) is 7.27. The number of allylic oxidation sites excluding steroid dienone is 1. The van der Waals surface area contributed by atoms with Gasteiger partial charge in [0.25, 0.3) is 5.56 Å². The molecule has 2 aromatic carbocycles. The number of pyridine rings is 1. The molecule has 0 fully saturated rings. The molecule has 3 amide bonds. The number of halogens is 3. The fraction of sp³-hybridized carbons (Fsp3) is 0.207. The zero-order valence-corrected chi connectivity index (χ0v) is 23.9. The maximum absolute atomic E-state index is 14.3. The SMILES string of the molecule is CNC(=O)/C=C/CC[C@H](NC(=O)O)C(=O)Nc1cccn(Cc2nc3cc(F)cc(OCc4ccc(F)cc4F)c3s2)c1=O. The Morgan fingerprint density at radius 3 is 2.66 bits per heavy atom. The van der Waals surface area contributed by atoms with E-state index >= 15 is 0 Å². The number of rotatable bonds is 12. The van der Waals surface area contributed by atoms with Crippen molar-refractivity contribution in [1.82, 2.24) is 20.2 Å². The first-order chi connectivity index (χ1) is 21.0. The van der Waals surface area contributed by atoms with Crippen LogP contribution in [-0.2, 0) is 22.7 Å². The molecule has 4 rings (SSSR count). The number of benzene rings is 2. The highest BCUT2D eigenvalue weighted by Gasteiger charge is 2.21. The number of carbonyl (C=O) groups is 3. The van der Waals surface area contributed by atoms with Crippen LogP contribution in [0.15, 0.2) is 65.6 Å². The van der Waals surface area contributed by atoms with Gasteiger partial charge in [0.1, 0.15) is 46.5 Å². The van der Waals surface area contributed by atoms with Gasteiger partial charge in [-0.05, 0) is 43.2 Å². The van der Waals surface area contributed by atoms with Gasteiger partial charge in [-0.2, -0.15) is 0 Å². The Labute approximate surface area is 252 Å². The molecule has 230 valence electrons. The van der Waals surface area contributed by atoms with Crippen LogP contribution in [0.3, 0.4) is 0 Å². The van der Waals surface area contributed by atoms with E-state index in [-0.39, 0.29) is 54.4 Å². The van der Waals surface area contributed by atoms with Crippen molar-refractivity contribution in [3.8, 4) is 5.75 Å². The summed E-state index contributed by atoms with van der Waals surface area (Å²) in [5.41, 5.74) is -0.415. The van der Waals surface area contributed by atoms with Gasteiger partial charge in [-0.1, -0.05) is 6.08 Å².